The third-order valence-electron chi connectivity index (χ3n) is 2.84. The van der Waals surface area contributed by atoms with Crippen molar-refractivity contribution in [2.75, 3.05) is 5.88 Å². The summed E-state index contributed by atoms with van der Waals surface area (Å²) >= 11 is 5.84. The zero-order chi connectivity index (χ0) is 14.5. The fourth-order valence-electron chi connectivity index (χ4n) is 1.78. The number of carbonyl (C=O) groups is 1. The molecule has 2 nitrogen and oxygen atoms in total. The van der Waals surface area contributed by atoms with E-state index in [2.05, 4.69) is 5.32 Å². The molecular formula is C15H12ClF2NO. The number of nitrogens with one attached hydrogen (secondary N) is 1. The first kappa shape index (κ1) is 14.5. The van der Waals surface area contributed by atoms with Crippen molar-refractivity contribution in [2.45, 2.75) is 6.04 Å². The van der Waals surface area contributed by atoms with E-state index in [1.807, 2.05) is 30.3 Å². The average molecular weight is 296 g/mol. The van der Waals surface area contributed by atoms with E-state index >= 15 is 0 Å². The summed E-state index contributed by atoms with van der Waals surface area (Å²) < 4.78 is 25.9. The molecule has 2 aromatic rings. The van der Waals surface area contributed by atoms with Crippen molar-refractivity contribution >= 4 is 17.5 Å². The lowest BCUT2D eigenvalue weighted by Gasteiger charge is -2.16. The Morgan fingerprint density at radius 3 is 2.40 bits per heavy atom. The second-order valence-corrected chi connectivity index (χ2v) is 4.53. The smallest absolute Gasteiger partial charge is 0.251 e. The maximum Gasteiger partial charge on any atom is 0.251 e. The third kappa shape index (κ3) is 3.33. The van der Waals surface area contributed by atoms with Gasteiger partial charge in [0.25, 0.3) is 5.91 Å². The van der Waals surface area contributed by atoms with E-state index in [0.29, 0.717) is 0 Å². The number of hydrogen-bond acceptors (Lipinski definition) is 1. The highest BCUT2D eigenvalue weighted by Gasteiger charge is 2.15. The molecule has 0 spiro atoms. The van der Waals surface area contributed by atoms with Crippen molar-refractivity contribution in [3.8, 4) is 0 Å². The molecule has 1 N–H and O–H groups in total. The molecule has 2 rings (SSSR count). The maximum atomic E-state index is 13.1. The Morgan fingerprint density at radius 2 is 1.80 bits per heavy atom. The van der Waals surface area contributed by atoms with Gasteiger partial charge in [0.15, 0.2) is 11.6 Å². The minimum atomic E-state index is -1.06. The molecule has 0 heterocycles. The number of alkyl halides is 1. The van der Waals surface area contributed by atoms with Gasteiger partial charge in [0, 0.05) is 11.4 Å². The molecular weight excluding hydrogens is 284 g/mol. The Bertz CT molecular complexity index is 604. The fraction of sp³-hybridized carbons (Fsp3) is 0.133. The van der Waals surface area contributed by atoms with Gasteiger partial charge in [-0.3, -0.25) is 4.79 Å². The molecule has 0 aliphatic heterocycles. The van der Waals surface area contributed by atoms with E-state index in [-0.39, 0.29) is 11.4 Å². The molecule has 0 aliphatic rings. The molecule has 0 saturated carbocycles. The quantitative estimate of drug-likeness (QED) is 0.857. The molecule has 0 aromatic heterocycles. The van der Waals surface area contributed by atoms with Gasteiger partial charge in [-0.25, -0.2) is 8.78 Å². The summed E-state index contributed by atoms with van der Waals surface area (Å²) in [7, 11) is 0. The lowest BCUT2D eigenvalue weighted by atomic mass is 10.1. The zero-order valence-corrected chi connectivity index (χ0v) is 11.2. The number of rotatable bonds is 4. The van der Waals surface area contributed by atoms with Gasteiger partial charge in [-0.1, -0.05) is 30.3 Å². The minimum absolute atomic E-state index is 0.0509. The van der Waals surface area contributed by atoms with Gasteiger partial charge in [0.2, 0.25) is 0 Å². The van der Waals surface area contributed by atoms with Gasteiger partial charge in [-0.15, -0.1) is 11.6 Å². The first-order valence-electron chi connectivity index (χ1n) is 5.98. The topological polar surface area (TPSA) is 29.1 Å². The van der Waals surface area contributed by atoms with Crippen LogP contribution < -0.4 is 5.32 Å². The van der Waals surface area contributed by atoms with E-state index < -0.39 is 23.6 Å². The first-order chi connectivity index (χ1) is 9.61. The molecule has 0 radical (unpaired) electrons. The number of halogens is 3. The lowest BCUT2D eigenvalue weighted by Crippen LogP contribution is -2.29. The molecule has 0 fully saturated rings. The van der Waals surface area contributed by atoms with E-state index in [0.717, 1.165) is 17.7 Å². The normalized spacial score (nSPS) is 11.9. The Balaban J connectivity index is 2.15. The van der Waals surface area contributed by atoms with E-state index in [1.54, 1.807) is 0 Å². The van der Waals surface area contributed by atoms with Crippen LogP contribution in [-0.4, -0.2) is 11.8 Å². The van der Waals surface area contributed by atoms with Crippen molar-refractivity contribution in [3.05, 3.63) is 71.3 Å². The molecule has 104 valence electrons. The predicted molar refractivity (Wildman–Crippen MR) is 73.7 cm³/mol. The van der Waals surface area contributed by atoms with Crippen molar-refractivity contribution in [2.24, 2.45) is 0 Å². The van der Waals surface area contributed by atoms with Gasteiger partial charge < -0.3 is 5.32 Å². The Labute approximate surface area is 120 Å². The average Bonchev–Trinajstić information content (AvgIpc) is 2.48. The summed E-state index contributed by atoms with van der Waals surface area (Å²) in [6.45, 7) is 0. The highest BCUT2D eigenvalue weighted by molar-refractivity contribution is 6.18. The Kier molecular flexibility index (Phi) is 4.69. The lowest BCUT2D eigenvalue weighted by molar-refractivity contribution is 0.0940. The van der Waals surface area contributed by atoms with Gasteiger partial charge in [0.1, 0.15) is 0 Å². The monoisotopic (exact) mass is 295 g/mol. The van der Waals surface area contributed by atoms with E-state index in [1.165, 1.54) is 6.07 Å². The molecule has 1 atom stereocenters. The number of benzene rings is 2. The Hall–Kier alpha value is -1.94. The summed E-state index contributed by atoms with van der Waals surface area (Å²) in [5.74, 6) is -2.36. The van der Waals surface area contributed by atoms with Crippen molar-refractivity contribution in [1.82, 2.24) is 5.32 Å². The Morgan fingerprint density at radius 1 is 1.10 bits per heavy atom. The number of amides is 1. The molecule has 5 heteroatoms. The predicted octanol–water partition coefficient (Wildman–Crippen LogP) is 3.67. The van der Waals surface area contributed by atoms with Crippen LogP contribution in [0.25, 0.3) is 0 Å². The standard InChI is InChI=1S/C15H12ClF2NO/c16-9-14(10-4-2-1-3-5-10)19-15(20)11-6-7-12(17)13(18)8-11/h1-8,14H,9H2,(H,19,20). The fourth-order valence-corrected chi connectivity index (χ4v) is 2.03. The van der Waals surface area contributed by atoms with Crippen LogP contribution >= 0.6 is 11.6 Å². The van der Waals surface area contributed by atoms with E-state index in [9.17, 15) is 13.6 Å². The highest BCUT2D eigenvalue weighted by atomic mass is 35.5. The van der Waals surface area contributed by atoms with Gasteiger partial charge in [0.05, 0.1) is 6.04 Å². The van der Waals surface area contributed by atoms with Gasteiger partial charge in [-0.05, 0) is 23.8 Å². The van der Waals surface area contributed by atoms with Crippen LogP contribution in [0.15, 0.2) is 48.5 Å². The molecule has 20 heavy (non-hydrogen) atoms. The number of hydrogen-bond donors (Lipinski definition) is 1. The van der Waals surface area contributed by atoms with Crippen LogP contribution in [0.3, 0.4) is 0 Å². The van der Waals surface area contributed by atoms with Gasteiger partial charge >= 0.3 is 0 Å². The molecule has 0 aliphatic carbocycles. The van der Waals surface area contributed by atoms with Crippen molar-refractivity contribution in [1.29, 1.82) is 0 Å². The van der Waals surface area contributed by atoms with Crippen LogP contribution in [0.1, 0.15) is 22.0 Å². The van der Waals surface area contributed by atoms with Crippen LogP contribution in [0, 0.1) is 11.6 Å². The van der Waals surface area contributed by atoms with Crippen molar-refractivity contribution in [3.63, 3.8) is 0 Å². The van der Waals surface area contributed by atoms with E-state index in [4.69, 9.17) is 11.6 Å². The summed E-state index contributed by atoms with van der Waals surface area (Å²) in [6, 6.07) is 11.8. The summed E-state index contributed by atoms with van der Waals surface area (Å²) in [6.07, 6.45) is 0. The van der Waals surface area contributed by atoms with Crippen LogP contribution in [-0.2, 0) is 0 Å². The van der Waals surface area contributed by atoms with Crippen molar-refractivity contribution < 1.29 is 13.6 Å². The van der Waals surface area contributed by atoms with Gasteiger partial charge in [-0.2, -0.15) is 0 Å². The molecule has 0 bridgehead atoms. The summed E-state index contributed by atoms with van der Waals surface area (Å²) in [5, 5.41) is 2.69. The van der Waals surface area contributed by atoms with Crippen LogP contribution in [0.5, 0.6) is 0 Å². The largest absolute Gasteiger partial charge is 0.344 e. The SMILES string of the molecule is O=C(NC(CCl)c1ccccc1)c1ccc(F)c(F)c1. The maximum absolute atomic E-state index is 13.1. The van der Waals surface area contributed by atoms with Crippen LogP contribution in [0.4, 0.5) is 8.78 Å². The molecule has 2 aromatic carbocycles. The van der Waals surface area contributed by atoms with Crippen LogP contribution in [0.2, 0.25) is 0 Å². The molecule has 1 unspecified atom stereocenters. The second-order valence-electron chi connectivity index (χ2n) is 4.22. The highest BCUT2D eigenvalue weighted by Crippen LogP contribution is 2.16. The summed E-state index contributed by atoms with van der Waals surface area (Å²) in [5.41, 5.74) is 0.897. The minimum Gasteiger partial charge on any atom is -0.344 e. The molecule has 0 saturated heterocycles. The molecule has 1 amide bonds. The second kappa shape index (κ2) is 6.48. The third-order valence-corrected chi connectivity index (χ3v) is 3.15. The zero-order valence-electron chi connectivity index (χ0n) is 10.4. The summed E-state index contributed by atoms with van der Waals surface area (Å²) in [4.78, 5) is 12.0. The number of carbonyl (C=O) groups excluding carboxylic acids is 1. The first-order valence-corrected chi connectivity index (χ1v) is 6.52.